The van der Waals surface area contributed by atoms with E-state index in [4.69, 9.17) is 5.73 Å². The number of halogens is 1. The molecule has 2 aromatic carbocycles. The first kappa shape index (κ1) is 25.4. The van der Waals surface area contributed by atoms with Crippen LogP contribution in [0.5, 0.6) is 0 Å². The lowest BCUT2D eigenvalue weighted by Crippen LogP contribution is -2.43. The van der Waals surface area contributed by atoms with Gasteiger partial charge in [0.05, 0.1) is 11.3 Å². The zero-order valence-electron chi connectivity index (χ0n) is 20.9. The van der Waals surface area contributed by atoms with E-state index in [1.54, 1.807) is 29.2 Å². The molecule has 0 bridgehead atoms. The monoisotopic (exact) mass is 491 g/mol. The van der Waals surface area contributed by atoms with Gasteiger partial charge in [-0.3, -0.25) is 14.5 Å². The van der Waals surface area contributed by atoms with Gasteiger partial charge in [-0.05, 0) is 75.2 Å². The molecule has 0 saturated carbocycles. The van der Waals surface area contributed by atoms with Crippen molar-refractivity contribution in [2.45, 2.75) is 39.3 Å². The quantitative estimate of drug-likeness (QED) is 0.460. The van der Waals surface area contributed by atoms with Crippen molar-refractivity contribution in [2.75, 3.05) is 31.1 Å². The average Bonchev–Trinajstić information content (AvgIpc) is 3.40. The topological polar surface area (TPSA) is 85.7 Å². The van der Waals surface area contributed by atoms with Crippen LogP contribution in [0.15, 0.2) is 60.8 Å². The SMILES string of the molecule is CCN(CC)C(=O)c1ccc(N(c2cccc(C(N)=O)c2F)C2CCN(Cc3ccc[nH]3)CC2)cc1. The third kappa shape index (κ3) is 5.44. The summed E-state index contributed by atoms with van der Waals surface area (Å²) in [5.41, 5.74) is 8.16. The average molecular weight is 492 g/mol. The van der Waals surface area contributed by atoms with Crippen LogP contribution in [0.2, 0.25) is 0 Å². The predicted octanol–water partition coefficient (Wildman–Crippen LogP) is 4.54. The number of anilines is 2. The van der Waals surface area contributed by atoms with Crippen molar-refractivity contribution in [3.63, 3.8) is 0 Å². The summed E-state index contributed by atoms with van der Waals surface area (Å²) in [5.74, 6) is -1.45. The maximum Gasteiger partial charge on any atom is 0.253 e. The Morgan fingerprint density at radius 1 is 1.03 bits per heavy atom. The molecule has 0 spiro atoms. The number of benzene rings is 2. The van der Waals surface area contributed by atoms with Crippen LogP contribution in [0.1, 0.15) is 53.1 Å². The molecule has 7 nitrogen and oxygen atoms in total. The number of aromatic amines is 1. The highest BCUT2D eigenvalue weighted by Gasteiger charge is 2.29. The van der Waals surface area contributed by atoms with Crippen LogP contribution in [0.3, 0.4) is 0 Å². The number of likely N-dealkylation sites (tertiary alicyclic amines) is 1. The number of rotatable bonds is 9. The molecule has 190 valence electrons. The van der Waals surface area contributed by atoms with Crippen LogP contribution in [0.25, 0.3) is 0 Å². The van der Waals surface area contributed by atoms with E-state index in [1.807, 2.05) is 43.1 Å². The zero-order chi connectivity index (χ0) is 25.7. The Kier molecular flexibility index (Phi) is 8.05. The lowest BCUT2D eigenvalue weighted by molar-refractivity contribution is 0.0772. The van der Waals surface area contributed by atoms with E-state index in [1.165, 1.54) is 11.8 Å². The first-order valence-corrected chi connectivity index (χ1v) is 12.5. The molecule has 2 heterocycles. The molecule has 0 atom stereocenters. The summed E-state index contributed by atoms with van der Waals surface area (Å²) < 4.78 is 15.5. The second-order valence-corrected chi connectivity index (χ2v) is 9.10. The van der Waals surface area contributed by atoms with Crippen molar-refractivity contribution in [3.8, 4) is 0 Å². The number of nitrogens with two attached hydrogens (primary N) is 1. The zero-order valence-corrected chi connectivity index (χ0v) is 20.9. The standard InChI is InChI=1S/C28H34FN5O2/c1-3-33(4-2)28(36)20-10-12-22(13-11-20)34(25-9-5-8-24(26(25)29)27(30)35)23-14-17-32(18-15-23)19-21-7-6-16-31-21/h5-13,16,23,31H,3-4,14-15,17-19H2,1-2H3,(H2,30,35). The van der Waals surface area contributed by atoms with Crippen LogP contribution in [0.4, 0.5) is 15.8 Å². The lowest BCUT2D eigenvalue weighted by atomic mass is 9.99. The maximum atomic E-state index is 15.5. The number of hydrogen-bond acceptors (Lipinski definition) is 4. The fourth-order valence-electron chi connectivity index (χ4n) is 4.94. The molecule has 4 rings (SSSR count). The van der Waals surface area contributed by atoms with Crippen LogP contribution < -0.4 is 10.6 Å². The van der Waals surface area contributed by atoms with Crippen LogP contribution in [-0.4, -0.2) is 58.8 Å². The molecule has 8 heteroatoms. The van der Waals surface area contributed by atoms with Gasteiger partial charge in [-0.2, -0.15) is 0 Å². The van der Waals surface area contributed by atoms with E-state index in [-0.39, 0.29) is 17.5 Å². The van der Waals surface area contributed by atoms with E-state index in [0.29, 0.717) is 24.3 Å². The molecule has 2 amide bonds. The number of H-pyrrole nitrogens is 1. The highest BCUT2D eigenvalue weighted by Crippen LogP contribution is 2.35. The molecule has 1 aliphatic rings. The summed E-state index contributed by atoms with van der Waals surface area (Å²) >= 11 is 0. The Hall–Kier alpha value is -3.65. The summed E-state index contributed by atoms with van der Waals surface area (Å²) in [5, 5.41) is 0. The van der Waals surface area contributed by atoms with Gasteiger partial charge >= 0.3 is 0 Å². The summed E-state index contributed by atoms with van der Waals surface area (Å²) in [6.45, 7) is 7.73. The van der Waals surface area contributed by atoms with Crippen LogP contribution in [0, 0.1) is 5.82 Å². The lowest BCUT2D eigenvalue weighted by Gasteiger charge is -2.40. The summed E-state index contributed by atoms with van der Waals surface area (Å²) in [4.78, 5) is 34.0. The molecule has 1 fully saturated rings. The minimum atomic E-state index is -0.796. The number of aromatic nitrogens is 1. The maximum absolute atomic E-state index is 15.5. The number of carbonyl (C=O) groups excluding carboxylic acids is 2. The van der Waals surface area contributed by atoms with Gasteiger partial charge in [-0.25, -0.2) is 4.39 Å². The Bertz CT molecular complexity index is 1170. The number of hydrogen-bond donors (Lipinski definition) is 2. The minimum Gasteiger partial charge on any atom is -0.366 e. The Morgan fingerprint density at radius 3 is 2.31 bits per heavy atom. The number of piperidine rings is 1. The highest BCUT2D eigenvalue weighted by molar-refractivity contribution is 5.95. The van der Waals surface area contributed by atoms with Gasteiger partial charge in [0.25, 0.3) is 11.8 Å². The molecular formula is C28H34FN5O2. The molecule has 0 unspecified atom stereocenters. The molecule has 1 saturated heterocycles. The molecule has 0 radical (unpaired) electrons. The Balaban J connectivity index is 1.63. The second kappa shape index (κ2) is 11.4. The summed E-state index contributed by atoms with van der Waals surface area (Å²) in [6.07, 6.45) is 3.56. The number of primary amides is 1. The van der Waals surface area contributed by atoms with Gasteiger partial charge in [-0.1, -0.05) is 6.07 Å². The predicted molar refractivity (Wildman–Crippen MR) is 140 cm³/mol. The minimum absolute atomic E-state index is 0.0202. The third-order valence-corrected chi connectivity index (χ3v) is 6.92. The molecule has 1 aromatic heterocycles. The normalized spacial score (nSPS) is 14.5. The fourth-order valence-corrected chi connectivity index (χ4v) is 4.94. The molecule has 36 heavy (non-hydrogen) atoms. The van der Waals surface area contributed by atoms with Crippen molar-refractivity contribution >= 4 is 23.2 Å². The number of amides is 2. The van der Waals surface area contributed by atoms with Gasteiger partial charge in [0.15, 0.2) is 5.82 Å². The van der Waals surface area contributed by atoms with Crippen molar-refractivity contribution in [3.05, 3.63) is 83.4 Å². The van der Waals surface area contributed by atoms with E-state index in [9.17, 15) is 9.59 Å². The molecule has 0 aliphatic carbocycles. The summed E-state index contributed by atoms with van der Waals surface area (Å²) in [6, 6.07) is 16.1. The second-order valence-electron chi connectivity index (χ2n) is 9.10. The third-order valence-electron chi connectivity index (χ3n) is 6.92. The molecule has 1 aliphatic heterocycles. The smallest absolute Gasteiger partial charge is 0.253 e. The van der Waals surface area contributed by atoms with E-state index in [2.05, 4.69) is 16.0 Å². The van der Waals surface area contributed by atoms with Gasteiger partial charge in [0.1, 0.15) is 0 Å². The number of nitrogens with one attached hydrogen (secondary N) is 1. The molecule has 3 N–H and O–H groups in total. The Labute approximate surface area is 211 Å². The largest absolute Gasteiger partial charge is 0.366 e. The van der Waals surface area contributed by atoms with Gasteiger partial charge in [-0.15, -0.1) is 0 Å². The van der Waals surface area contributed by atoms with Crippen LogP contribution >= 0.6 is 0 Å². The van der Waals surface area contributed by atoms with Crippen molar-refractivity contribution in [2.24, 2.45) is 5.73 Å². The fraction of sp³-hybridized carbons (Fsp3) is 0.357. The van der Waals surface area contributed by atoms with Crippen molar-refractivity contribution < 1.29 is 14.0 Å². The highest BCUT2D eigenvalue weighted by atomic mass is 19.1. The summed E-state index contributed by atoms with van der Waals surface area (Å²) in [7, 11) is 0. The molecule has 3 aromatic rings. The number of carbonyl (C=O) groups is 2. The van der Waals surface area contributed by atoms with Gasteiger partial charge in [0, 0.05) is 61.9 Å². The van der Waals surface area contributed by atoms with Crippen LogP contribution in [-0.2, 0) is 6.54 Å². The molecular weight excluding hydrogens is 457 g/mol. The van der Waals surface area contributed by atoms with Crippen molar-refractivity contribution in [1.82, 2.24) is 14.8 Å². The Morgan fingerprint density at radius 2 is 1.72 bits per heavy atom. The first-order chi connectivity index (χ1) is 17.4. The van der Waals surface area contributed by atoms with Gasteiger partial charge < -0.3 is 20.5 Å². The van der Waals surface area contributed by atoms with E-state index in [0.717, 1.165) is 38.2 Å². The first-order valence-electron chi connectivity index (χ1n) is 12.5. The van der Waals surface area contributed by atoms with E-state index >= 15 is 4.39 Å². The number of nitrogens with zero attached hydrogens (tertiary/aromatic N) is 3. The van der Waals surface area contributed by atoms with Gasteiger partial charge in [0.2, 0.25) is 0 Å². The van der Waals surface area contributed by atoms with E-state index < -0.39 is 11.7 Å². The van der Waals surface area contributed by atoms with Crippen molar-refractivity contribution in [1.29, 1.82) is 0 Å².